The highest BCUT2D eigenvalue weighted by Crippen LogP contribution is 2.18. The number of amides is 1. The summed E-state index contributed by atoms with van der Waals surface area (Å²) in [5.41, 5.74) is 0. The van der Waals surface area contributed by atoms with Gasteiger partial charge in [0.25, 0.3) is 0 Å². The fraction of sp³-hybridized carbons (Fsp3) is 0.908. The average molecular weight is 1000 g/mol. The lowest BCUT2D eigenvalue weighted by atomic mass is 10.0. The van der Waals surface area contributed by atoms with Crippen molar-refractivity contribution in [3.8, 4) is 0 Å². The zero-order valence-electron chi connectivity index (χ0n) is 48.0. The number of esters is 1. The SMILES string of the molecule is CCCCCC/C=C\CCCCCCCC(=O)OCCCCCCCCCCCCCC/C=C\CCCCCCCCCCC(=O)NC(CO)C(O)CCCCCCCCCCCCCCCCCCC. The van der Waals surface area contributed by atoms with Crippen molar-refractivity contribution in [3.63, 3.8) is 0 Å². The molecule has 0 aromatic heterocycles. The second-order valence-corrected chi connectivity index (χ2v) is 22.1. The first-order valence-electron chi connectivity index (χ1n) is 32.1. The van der Waals surface area contributed by atoms with Gasteiger partial charge in [0.2, 0.25) is 5.91 Å². The van der Waals surface area contributed by atoms with Gasteiger partial charge < -0.3 is 20.3 Å². The number of carbonyl (C=O) groups is 2. The van der Waals surface area contributed by atoms with E-state index in [0.29, 0.717) is 25.9 Å². The highest BCUT2D eigenvalue weighted by atomic mass is 16.5. The van der Waals surface area contributed by atoms with Crippen LogP contribution in [0.1, 0.15) is 354 Å². The second kappa shape index (κ2) is 60.9. The van der Waals surface area contributed by atoms with Gasteiger partial charge >= 0.3 is 5.97 Å². The van der Waals surface area contributed by atoms with Crippen LogP contribution in [0.4, 0.5) is 0 Å². The largest absolute Gasteiger partial charge is 0.466 e. The van der Waals surface area contributed by atoms with Crippen molar-refractivity contribution < 1.29 is 24.5 Å². The fourth-order valence-corrected chi connectivity index (χ4v) is 10.0. The molecule has 0 aromatic rings. The maximum absolute atomic E-state index is 12.5. The molecule has 0 saturated heterocycles. The molecule has 3 N–H and O–H groups in total. The number of unbranched alkanes of at least 4 members (excludes halogenated alkanes) is 45. The van der Waals surface area contributed by atoms with Crippen molar-refractivity contribution in [2.45, 2.75) is 366 Å². The monoisotopic (exact) mass is 1000 g/mol. The molecule has 0 rings (SSSR count). The van der Waals surface area contributed by atoms with Crippen molar-refractivity contribution in [2.75, 3.05) is 13.2 Å². The third-order valence-corrected chi connectivity index (χ3v) is 15.0. The smallest absolute Gasteiger partial charge is 0.305 e. The van der Waals surface area contributed by atoms with Gasteiger partial charge in [-0.15, -0.1) is 0 Å². The Morgan fingerprint density at radius 1 is 0.380 bits per heavy atom. The fourth-order valence-electron chi connectivity index (χ4n) is 10.0. The Hall–Kier alpha value is -1.66. The molecule has 0 aromatic carbocycles. The van der Waals surface area contributed by atoms with Crippen molar-refractivity contribution in [1.82, 2.24) is 5.32 Å². The van der Waals surface area contributed by atoms with Crippen LogP contribution in [0.15, 0.2) is 24.3 Å². The van der Waals surface area contributed by atoms with Crippen molar-refractivity contribution >= 4 is 11.9 Å². The van der Waals surface area contributed by atoms with Crippen LogP contribution in [-0.2, 0) is 14.3 Å². The number of rotatable bonds is 60. The number of aliphatic hydroxyl groups is 2. The topological polar surface area (TPSA) is 95.9 Å². The van der Waals surface area contributed by atoms with E-state index in [1.807, 2.05) is 0 Å². The molecule has 6 nitrogen and oxygen atoms in total. The summed E-state index contributed by atoms with van der Waals surface area (Å²) in [6, 6.07) is -0.545. The van der Waals surface area contributed by atoms with Crippen LogP contribution < -0.4 is 5.32 Å². The Morgan fingerprint density at radius 2 is 0.662 bits per heavy atom. The van der Waals surface area contributed by atoms with E-state index in [9.17, 15) is 19.8 Å². The van der Waals surface area contributed by atoms with Crippen molar-refractivity contribution in [2.24, 2.45) is 0 Å². The highest BCUT2D eigenvalue weighted by molar-refractivity contribution is 5.76. The summed E-state index contributed by atoms with van der Waals surface area (Å²) in [6.07, 6.45) is 74.8. The minimum absolute atomic E-state index is 0.00369. The van der Waals surface area contributed by atoms with E-state index in [1.54, 1.807) is 0 Å². The first kappa shape index (κ1) is 69.3. The zero-order chi connectivity index (χ0) is 51.4. The lowest BCUT2D eigenvalue weighted by molar-refractivity contribution is -0.143. The first-order valence-corrected chi connectivity index (χ1v) is 32.1. The van der Waals surface area contributed by atoms with Gasteiger partial charge in [-0.2, -0.15) is 0 Å². The van der Waals surface area contributed by atoms with Gasteiger partial charge in [0.1, 0.15) is 0 Å². The van der Waals surface area contributed by atoms with Gasteiger partial charge in [-0.3, -0.25) is 9.59 Å². The lowest BCUT2D eigenvalue weighted by Gasteiger charge is -2.22. The van der Waals surface area contributed by atoms with E-state index < -0.39 is 12.1 Å². The molecule has 1 amide bonds. The van der Waals surface area contributed by atoms with Crippen LogP contribution in [0.25, 0.3) is 0 Å². The van der Waals surface area contributed by atoms with E-state index in [0.717, 1.165) is 44.9 Å². The molecule has 0 aliphatic heterocycles. The summed E-state index contributed by atoms with van der Waals surface area (Å²) in [6.45, 7) is 4.96. The molecular formula is C65H125NO5. The standard InChI is InChI=1S/C65H125NO5/c1-3-5-7-9-11-13-15-17-18-27-30-34-37-41-45-49-53-57-63(68)62(61-67)66-64(69)58-54-50-46-42-38-35-31-28-25-23-21-19-20-22-24-26-29-32-36-40-44-48-52-56-60-71-65(70)59-55-51-47-43-39-33-16-14-12-10-8-6-4-2/h14,16,21,23,62-63,67-68H,3-13,15,17-20,22,24-61H2,1-2H3,(H,66,69)/b16-14-,23-21-. The summed E-state index contributed by atoms with van der Waals surface area (Å²) in [7, 11) is 0. The molecule has 2 atom stereocenters. The van der Waals surface area contributed by atoms with Gasteiger partial charge in [-0.1, -0.05) is 289 Å². The molecule has 2 unspecified atom stereocenters. The van der Waals surface area contributed by atoms with E-state index >= 15 is 0 Å². The van der Waals surface area contributed by atoms with Gasteiger partial charge in [0.15, 0.2) is 0 Å². The molecule has 0 aliphatic carbocycles. The summed E-state index contributed by atoms with van der Waals surface area (Å²) >= 11 is 0. The summed E-state index contributed by atoms with van der Waals surface area (Å²) in [4.78, 5) is 24.5. The number of ether oxygens (including phenoxy) is 1. The molecule has 0 fully saturated rings. The van der Waals surface area contributed by atoms with Gasteiger partial charge in [0.05, 0.1) is 25.4 Å². The zero-order valence-corrected chi connectivity index (χ0v) is 48.0. The highest BCUT2D eigenvalue weighted by Gasteiger charge is 2.20. The van der Waals surface area contributed by atoms with Gasteiger partial charge in [-0.25, -0.2) is 0 Å². The number of allylic oxidation sites excluding steroid dienone is 4. The summed E-state index contributed by atoms with van der Waals surface area (Å²) in [5, 5.41) is 23.3. The molecular weight excluding hydrogens is 875 g/mol. The van der Waals surface area contributed by atoms with Crippen LogP contribution in [0, 0.1) is 0 Å². The van der Waals surface area contributed by atoms with E-state index in [-0.39, 0.29) is 18.5 Å². The van der Waals surface area contributed by atoms with Crippen LogP contribution >= 0.6 is 0 Å². The maximum atomic E-state index is 12.5. The van der Waals surface area contributed by atoms with Crippen molar-refractivity contribution in [1.29, 1.82) is 0 Å². The molecule has 0 radical (unpaired) electrons. The Bertz CT molecular complexity index is 1110. The Balaban J connectivity index is 3.40. The van der Waals surface area contributed by atoms with Crippen LogP contribution in [0.3, 0.4) is 0 Å². The molecule has 420 valence electrons. The summed E-state index contributed by atoms with van der Waals surface area (Å²) in [5.74, 6) is -0.0332. The van der Waals surface area contributed by atoms with E-state index in [4.69, 9.17) is 4.74 Å². The molecule has 0 saturated carbocycles. The molecule has 0 bridgehead atoms. The number of hydrogen-bond donors (Lipinski definition) is 3. The van der Waals surface area contributed by atoms with Gasteiger partial charge in [-0.05, 0) is 77.0 Å². The molecule has 0 aliphatic rings. The third-order valence-electron chi connectivity index (χ3n) is 15.0. The van der Waals surface area contributed by atoms with E-state index in [2.05, 4.69) is 43.5 Å². The molecule has 0 spiro atoms. The normalized spacial score (nSPS) is 12.7. The Labute approximate surface area is 443 Å². The minimum Gasteiger partial charge on any atom is -0.466 e. The average Bonchev–Trinajstić information content (AvgIpc) is 3.37. The summed E-state index contributed by atoms with van der Waals surface area (Å²) < 4.78 is 5.47. The molecule has 6 heteroatoms. The second-order valence-electron chi connectivity index (χ2n) is 22.1. The molecule has 71 heavy (non-hydrogen) atoms. The minimum atomic E-state index is -0.667. The van der Waals surface area contributed by atoms with Crippen LogP contribution in [0.5, 0.6) is 0 Å². The maximum Gasteiger partial charge on any atom is 0.305 e. The van der Waals surface area contributed by atoms with Crippen molar-refractivity contribution in [3.05, 3.63) is 24.3 Å². The van der Waals surface area contributed by atoms with E-state index in [1.165, 1.54) is 276 Å². The lowest BCUT2D eigenvalue weighted by Crippen LogP contribution is -2.45. The number of carbonyl (C=O) groups excluding carboxylic acids is 2. The number of nitrogens with one attached hydrogen (secondary N) is 1. The quantitative estimate of drug-likeness (QED) is 0.0320. The number of hydrogen-bond acceptors (Lipinski definition) is 5. The van der Waals surface area contributed by atoms with Gasteiger partial charge in [0, 0.05) is 12.8 Å². The third kappa shape index (κ3) is 57.5. The van der Waals surface area contributed by atoms with Crippen LogP contribution in [0.2, 0.25) is 0 Å². The molecule has 0 heterocycles. The number of aliphatic hydroxyl groups excluding tert-OH is 2. The predicted octanol–water partition coefficient (Wildman–Crippen LogP) is 20.2. The first-order chi connectivity index (χ1) is 35.0. The predicted molar refractivity (Wildman–Crippen MR) is 310 cm³/mol. The Kier molecular flexibility index (Phi) is 59.5. The van der Waals surface area contributed by atoms with Crippen LogP contribution in [-0.4, -0.2) is 47.4 Å². The Morgan fingerprint density at radius 3 is 1.01 bits per heavy atom.